The number of rotatable bonds is 4. The zero-order valence-electron chi connectivity index (χ0n) is 10.2. The molecular weight excluding hydrogens is 264 g/mol. The van der Waals surface area contributed by atoms with E-state index in [-0.39, 0.29) is 19.0 Å². The number of nitrogens with zero attached hydrogens (tertiary/aromatic N) is 4. The van der Waals surface area contributed by atoms with Crippen LogP contribution in [0, 0.1) is 0 Å². The highest BCUT2D eigenvalue weighted by atomic mass is 16.4. The van der Waals surface area contributed by atoms with Crippen molar-refractivity contribution >= 4 is 17.0 Å². The van der Waals surface area contributed by atoms with Crippen LogP contribution in [-0.2, 0) is 17.9 Å². The number of H-pyrrole nitrogens is 1. The Labute approximate surface area is 111 Å². The van der Waals surface area contributed by atoms with E-state index in [0.717, 1.165) is 0 Å². The number of hydrogen-bond acceptors (Lipinski definition) is 6. The number of tetrazole rings is 1. The Kier molecular flexibility index (Phi) is 2.99. The Bertz CT molecular complexity index is 788. The number of aromatic nitrogens is 5. The fourth-order valence-corrected chi connectivity index (χ4v) is 1.80. The van der Waals surface area contributed by atoms with Crippen LogP contribution in [0.4, 0.5) is 0 Å². The molecule has 9 nitrogen and oxygen atoms in total. The molecule has 0 aliphatic carbocycles. The van der Waals surface area contributed by atoms with Crippen LogP contribution < -0.4 is 11.1 Å². The molecule has 0 spiro atoms. The lowest BCUT2D eigenvalue weighted by molar-refractivity contribution is -0.121. The number of benzene rings is 1. The molecular formula is C11H10N6O3. The molecule has 9 heteroatoms. The van der Waals surface area contributed by atoms with Crippen molar-refractivity contribution in [1.29, 1.82) is 0 Å². The van der Waals surface area contributed by atoms with Gasteiger partial charge in [-0.1, -0.05) is 17.3 Å². The van der Waals surface area contributed by atoms with Gasteiger partial charge in [0.25, 0.3) is 0 Å². The van der Waals surface area contributed by atoms with Gasteiger partial charge in [-0.15, -0.1) is 10.2 Å². The van der Waals surface area contributed by atoms with Gasteiger partial charge in [-0.05, 0) is 12.1 Å². The molecule has 0 fully saturated rings. The van der Waals surface area contributed by atoms with Crippen molar-refractivity contribution in [2.45, 2.75) is 13.1 Å². The molecule has 3 aromatic rings. The third-order valence-corrected chi connectivity index (χ3v) is 2.71. The van der Waals surface area contributed by atoms with Crippen LogP contribution in [0.5, 0.6) is 0 Å². The van der Waals surface area contributed by atoms with Crippen molar-refractivity contribution in [2.75, 3.05) is 0 Å². The Morgan fingerprint density at radius 2 is 2.25 bits per heavy atom. The van der Waals surface area contributed by atoms with Gasteiger partial charge >= 0.3 is 5.76 Å². The maximum atomic E-state index is 11.8. The molecule has 1 amide bonds. The van der Waals surface area contributed by atoms with Crippen molar-refractivity contribution in [3.05, 3.63) is 40.6 Å². The summed E-state index contributed by atoms with van der Waals surface area (Å²) in [5.41, 5.74) is 1.02. The molecule has 2 N–H and O–H groups in total. The molecule has 0 atom stereocenters. The molecule has 1 aromatic carbocycles. The van der Waals surface area contributed by atoms with Gasteiger partial charge in [0.2, 0.25) is 5.91 Å². The van der Waals surface area contributed by atoms with Gasteiger partial charge < -0.3 is 9.73 Å². The second kappa shape index (κ2) is 4.96. The van der Waals surface area contributed by atoms with E-state index in [9.17, 15) is 9.59 Å². The highest BCUT2D eigenvalue weighted by molar-refractivity contribution is 5.79. The van der Waals surface area contributed by atoms with Gasteiger partial charge in [0.05, 0.1) is 12.1 Å². The Morgan fingerprint density at radius 3 is 3.05 bits per heavy atom. The first-order valence-corrected chi connectivity index (χ1v) is 5.81. The molecule has 3 rings (SSSR count). The Balaban J connectivity index is 1.74. The molecule has 0 aliphatic heterocycles. The number of fused-ring (bicyclic) bond motifs is 1. The van der Waals surface area contributed by atoms with Crippen molar-refractivity contribution < 1.29 is 9.21 Å². The zero-order chi connectivity index (χ0) is 13.9. The highest BCUT2D eigenvalue weighted by Crippen LogP contribution is 2.11. The topological polar surface area (TPSA) is 119 Å². The number of aromatic amines is 1. The quantitative estimate of drug-likeness (QED) is 0.657. The lowest BCUT2D eigenvalue weighted by Gasteiger charge is -2.03. The number of carbonyl (C=O) groups excluding carboxylic acids is 1. The standard InChI is InChI=1S/C11H10N6O3/c18-10(12-5-9-13-15-16-14-9)6-17-7-3-1-2-4-8(7)20-11(17)19/h1-4H,5-6H2,(H,12,18)(H,13,14,15,16). The van der Waals surface area contributed by atoms with Gasteiger partial charge in [-0.2, -0.15) is 5.21 Å². The Morgan fingerprint density at radius 1 is 1.40 bits per heavy atom. The first kappa shape index (κ1) is 12.1. The second-order valence-electron chi connectivity index (χ2n) is 4.03. The number of hydrogen-bond donors (Lipinski definition) is 2. The van der Waals surface area contributed by atoms with Crippen LogP contribution >= 0.6 is 0 Å². The molecule has 0 unspecified atom stereocenters. The van der Waals surface area contributed by atoms with Crippen LogP contribution in [0.1, 0.15) is 5.82 Å². The lowest BCUT2D eigenvalue weighted by atomic mass is 10.3. The van der Waals surface area contributed by atoms with Gasteiger partial charge in [0, 0.05) is 0 Å². The summed E-state index contributed by atoms with van der Waals surface area (Å²) in [6.45, 7) is 0.00751. The molecule has 0 saturated heterocycles. The Hall–Kier alpha value is -2.97. The molecule has 0 saturated carbocycles. The van der Waals surface area contributed by atoms with Gasteiger partial charge in [0.15, 0.2) is 11.4 Å². The van der Waals surface area contributed by atoms with Crippen LogP contribution in [0.15, 0.2) is 33.5 Å². The zero-order valence-corrected chi connectivity index (χ0v) is 10.2. The van der Waals surface area contributed by atoms with E-state index in [0.29, 0.717) is 16.9 Å². The van der Waals surface area contributed by atoms with Crippen LogP contribution in [0.2, 0.25) is 0 Å². The normalized spacial score (nSPS) is 10.8. The number of amides is 1. The predicted molar refractivity (Wildman–Crippen MR) is 66.5 cm³/mol. The molecule has 2 heterocycles. The summed E-state index contributed by atoms with van der Waals surface area (Å²) in [5, 5.41) is 15.7. The summed E-state index contributed by atoms with van der Waals surface area (Å²) in [4.78, 5) is 23.5. The monoisotopic (exact) mass is 274 g/mol. The van der Waals surface area contributed by atoms with E-state index in [1.165, 1.54) is 4.57 Å². The van der Waals surface area contributed by atoms with Crippen molar-refractivity contribution in [3.63, 3.8) is 0 Å². The van der Waals surface area contributed by atoms with E-state index in [1.807, 2.05) is 0 Å². The largest absolute Gasteiger partial charge is 0.420 e. The van der Waals surface area contributed by atoms with Crippen LogP contribution in [-0.4, -0.2) is 31.1 Å². The smallest absolute Gasteiger partial charge is 0.408 e. The first-order valence-electron chi connectivity index (χ1n) is 5.81. The molecule has 20 heavy (non-hydrogen) atoms. The van der Waals surface area contributed by atoms with Crippen molar-refractivity contribution in [2.24, 2.45) is 0 Å². The van der Waals surface area contributed by atoms with E-state index in [1.54, 1.807) is 24.3 Å². The second-order valence-corrected chi connectivity index (χ2v) is 4.03. The highest BCUT2D eigenvalue weighted by Gasteiger charge is 2.12. The predicted octanol–water partition coefficient (Wildman–Crippen LogP) is -0.576. The van der Waals surface area contributed by atoms with E-state index < -0.39 is 5.76 Å². The maximum Gasteiger partial charge on any atom is 0.420 e. The van der Waals surface area contributed by atoms with Gasteiger partial charge in [0.1, 0.15) is 6.54 Å². The third kappa shape index (κ3) is 2.28. The fraction of sp³-hybridized carbons (Fsp3) is 0.182. The number of para-hydroxylation sites is 2. The van der Waals surface area contributed by atoms with Gasteiger partial charge in [-0.3, -0.25) is 9.36 Å². The van der Waals surface area contributed by atoms with Crippen molar-refractivity contribution in [1.82, 2.24) is 30.5 Å². The van der Waals surface area contributed by atoms with E-state index in [2.05, 4.69) is 25.9 Å². The summed E-state index contributed by atoms with van der Waals surface area (Å²) >= 11 is 0. The number of nitrogens with one attached hydrogen (secondary N) is 2. The maximum absolute atomic E-state index is 11.8. The lowest BCUT2D eigenvalue weighted by Crippen LogP contribution is -2.30. The molecule has 0 aliphatic rings. The minimum absolute atomic E-state index is 0.131. The minimum Gasteiger partial charge on any atom is -0.408 e. The van der Waals surface area contributed by atoms with E-state index >= 15 is 0 Å². The molecule has 2 aromatic heterocycles. The average molecular weight is 274 g/mol. The van der Waals surface area contributed by atoms with Crippen LogP contribution in [0.3, 0.4) is 0 Å². The third-order valence-electron chi connectivity index (χ3n) is 2.71. The summed E-state index contributed by atoms with van der Waals surface area (Å²) in [6, 6.07) is 6.91. The minimum atomic E-state index is -0.569. The molecule has 102 valence electrons. The number of oxazole rings is 1. The SMILES string of the molecule is O=C(Cn1c(=O)oc2ccccc21)NCc1nn[nH]n1. The molecule has 0 radical (unpaired) electrons. The summed E-state index contributed by atoms with van der Waals surface area (Å²) in [6.07, 6.45) is 0. The van der Waals surface area contributed by atoms with Crippen molar-refractivity contribution in [3.8, 4) is 0 Å². The fourth-order valence-electron chi connectivity index (χ4n) is 1.80. The van der Waals surface area contributed by atoms with E-state index in [4.69, 9.17) is 4.42 Å². The summed E-state index contributed by atoms with van der Waals surface area (Å²) in [7, 11) is 0. The first-order chi connectivity index (χ1) is 9.74. The summed E-state index contributed by atoms with van der Waals surface area (Å²) < 4.78 is 6.30. The van der Waals surface area contributed by atoms with Crippen LogP contribution in [0.25, 0.3) is 11.1 Å². The average Bonchev–Trinajstić information content (AvgIpc) is 3.06. The van der Waals surface area contributed by atoms with Gasteiger partial charge in [-0.25, -0.2) is 4.79 Å². The summed E-state index contributed by atoms with van der Waals surface area (Å²) in [5.74, 6) is -0.549. The number of carbonyl (C=O) groups is 1. The molecule has 0 bridgehead atoms.